The van der Waals surface area contributed by atoms with Crippen LogP contribution >= 0.6 is 0 Å². The largest absolute Gasteiger partial charge is 0.471 e. The van der Waals surface area contributed by atoms with Crippen LogP contribution in [0, 0.1) is 5.92 Å². The summed E-state index contributed by atoms with van der Waals surface area (Å²) in [7, 11) is 1.37. The highest BCUT2D eigenvalue weighted by atomic mass is 19.4. The van der Waals surface area contributed by atoms with Crippen molar-refractivity contribution in [3.8, 4) is 5.88 Å². The number of carbonyl (C=O) groups is 2. The third-order valence-corrected chi connectivity index (χ3v) is 7.68. The normalized spacial score (nSPS) is 17.0. The number of nitrogens with zero attached hydrogens (tertiary/aromatic N) is 4. The number of anilines is 2. The first-order valence-corrected chi connectivity index (χ1v) is 14.4. The van der Waals surface area contributed by atoms with Crippen LogP contribution in [0.4, 0.5) is 46.8 Å². The van der Waals surface area contributed by atoms with Crippen molar-refractivity contribution in [3.63, 3.8) is 0 Å². The van der Waals surface area contributed by atoms with Gasteiger partial charge in [0.1, 0.15) is 11.1 Å². The first-order valence-electron chi connectivity index (χ1n) is 14.4. The predicted octanol–water partition coefficient (Wildman–Crippen LogP) is 6.14. The van der Waals surface area contributed by atoms with Crippen molar-refractivity contribution < 1.29 is 54.0 Å². The van der Waals surface area contributed by atoms with E-state index in [1.807, 2.05) is 0 Å². The molecule has 3 N–H and O–H groups in total. The van der Waals surface area contributed by atoms with Gasteiger partial charge in [-0.25, -0.2) is 13.8 Å². The second-order valence-electron chi connectivity index (χ2n) is 11.0. The Labute approximate surface area is 266 Å². The van der Waals surface area contributed by atoms with Crippen LogP contribution in [-0.2, 0) is 19.8 Å². The highest BCUT2D eigenvalue weighted by Crippen LogP contribution is 2.39. The Morgan fingerprint density at radius 2 is 1.75 bits per heavy atom. The van der Waals surface area contributed by atoms with Gasteiger partial charge in [-0.3, -0.25) is 14.2 Å². The van der Waals surface area contributed by atoms with Gasteiger partial charge in [-0.15, -0.1) is 0 Å². The molecule has 258 valence electrons. The average molecular weight is 690 g/mol. The summed E-state index contributed by atoms with van der Waals surface area (Å²) in [5.41, 5.74) is -1.68. The predicted molar refractivity (Wildman–Crippen MR) is 152 cm³/mol. The lowest BCUT2D eigenvalue weighted by molar-refractivity contribution is -0.182. The van der Waals surface area contributed by atoms with Crippen LogP contribution in [0.1, 0.15) is 57.7 Å². The molecule has 19 heteroatoms. The molecular formula is C29H27F8N7O4. The summed E-state index contributed by atoms with van der Waals surface area (Å²) < 4.78 is 118. The minimum absolute atomic E-state index is 0.0284. The molecule has 0 radical (unpaired) electrons. The Morgan fingerprint density at radius 1 is 1.02 bits per heavy atom. The fraction of sp³-hybridized carbons (Fsp3) is 0.414. The Morgan fingerprint density at radius 3 is 2.38 bits per heavy atom. The summed E-state index contributed by atoms with van der Waals surface area (Å²) in [5, 5.41) is 11.1. The van der Waals surface area contributed by atoms with E-state index in [1.54, 1.807) is 0 Å². The number of rotatable bonds is 10. The van der Waals surface area contributed by atoms with Crippen molar-refractivity contribution in [1.82, 2.24) is 30.3 Å². The molecule has 3 aromatic heterocycles. The lowest BCUT2D eigenvalue weighted by Crippen LogP contribution is -2.40. The van der Waals surface area contributed by atoms with Gasteiger partial charge in [-0.05, 0) is 49.4 Å². The summed E-state index contributed by atoms with van der Waals surface area (Å²) in [6.07, 6.45) is -11.2. The zero-order valence-electron chi connectivity index (χ0n) is 24.9. The number of amides is 2. The molecule has 1 aliphatic carbocycles. The Balaban J connectivity index is 1.42. The molecule has 0 saturated heterocycles. The number of halogens is 8. The van der Waals surface area contributed by atoms with Gasteiger partial charge in [0, 0.05) is 25.7 Å². The fourth-order valence-electron chi connectivity index (χ4n) is 5.22. The van der Waals surface area contributed by atoms with E-state index in [-0.39, 0.29) is 66.2 Å². The lowest BCUT2D eigenvalue weighted by Gasteiger charge is -2.30. The monoisotopic (exact) mass is 689 g/mol. The third-order valence-electron chi connectivity index (χ3n) is 7.68. The van der Waals surface area contributed by atoms with Crippen LogP contribution in [0.15, 0.2) is 41.1 Å². The van der Waals surface area contributed by atoms with E-state index in [0.29, 0.717) is 0 Å². The van der Waals surface area contributed by atoms with E-state index in [0.717, 1.165) is 24.3 Å². The second-order valence-corrected chi connectivity index (χ2v) is 11.0. The maximum Gasteiger partial charge on any atom is 0.418 e. The summed E-state index contributed by atoms with van der Waals surface area (Å²) in [5.74, 6) is -3.82. The van der Waals surface area contributed by atoms with E-state index < -0.39 is 66.3 Å². The molecule has 3 heterocycles. The lowest BCUT2D eigenvalue weighted by atomic mass is 9.85. The van der Waals surface area contributed by atoms with Crippen molar-refractivity contribution in [2.45, 2.75) is 57.0 Å². The number of carbonyl (C=O) groups excluding carboxylic acids is 2. The molecule has 11 nitrogen and oxygen atoms in total. The number of fused-ring (bicyclic) bond motifs is 1. The number of pyridine rings is 1. The number of benzene rings is 1. The van der Waals surface area contributed by atoms with Gasteiger partial charge in [-0.1, -0.05) is 11.2 Å². The van der Waals surface area contributed by atoms with Crippen LogP contribution in [0.5, 0.6) is 5.88 Å². The molecule has 0 unspecified atom stereocenters. The third kappa shape index (κ3) is 7.93. The van der Waals surface area contributed by atoms with E-state index in [4.69, 9.17) is 9.26 Å². The minimum Gasteiger partial charge on any atom is -0.471 e. The molecule has 5 rings (SSSR count). The summed E-state index contributed by atoms with van der Waals surface area (Å²) in [4.78, 5) is 33.8. The van der Waals surface area contributed by atoms with Crippen molar-refractivity contribution in [3.05, 3.63) is 59.0 Å². The molecule has 1 fully saturated rings. The molecule has 0 aliphatic heterocycles. The van der Waals surface area contributed by atoms with E-state index in [1.165, 1.54) is 23.9 Å². The van der Waals surface area contributed by atoms with E-state index in [9.17, 15) is 44.7 Å². The molecule has 2 amide bonds. The maximum absolute atomic E-state index is 14.0. The number of aromatic nitrogens is 4. The molecule has 1 aromatic carbocycles. The number of imidazole rings is 1. The summed E-state index contributed by atoms with van der Waals surface area (Å²) in [6.45, 7) is -1.33. The zero-order valence-corrected chi connectivity index (χ0v) is 24.9. The number of hydrogen-bond acceptors (Lipinski definition) is 8. The zero-order chi connectivity index (χ0) is 34.8. The molecule has 0 atom stereocenters. The topological polar surface area (TPSA) is 136 Å². The van der Waals surface area contributed by atoms with Crippen LogP contribution in [0.2, 0.25) is 0 Å². The number of nitrogens with one attached hydrogen (secondary N) is 3. The molecule has 1 saturated carbocycles. The fourth-order valence-corrected chi connectivity index (χ4v) is 5.22. The van der Waals surface area contributed by atoms with Crippen LogP contribution in [0.3, 0.4) is 0 Å². The van der Waals surface area contributed by atoms with Crippen molar-refractivity contribution in [1.29, 1.82) is 0 Å². The van der Waals surface area contributed by atoms with Gasteiger partial charge in [0.25, 0.3) is 18.2 Å². The van der Waals surface area contributed by atoms with Crippen molar-refractivity contribution in [2.24, 2.45) is 13.0 Å². The number of aryl methyl sites for hydroxylation is 1. The average Bonchev–Trinajstić information content (AvgIpc) is 3.66. The van der Waals surface area contributed by atoms with Gasteiger partial charge in [0.05, 0.1) is 23.4 Å². The van der Waals surface area contributed by atoms with Gasteiger partial charge in [0.2, 0.25) is 17.6 Å². The van der Waals surface area contributed by atoms with Crippen molar-refractivity contribution >= 4 is 34.6 Å². The number of alkyl halides is 8. The first-order chi connectivity index (χ1) is 22.6. The standard InChI is InChI=1S/C29H27F8N7O4/c1-44-23-20(11-17(26(43-23)47-13-22(30)31)24(45)40-16-5-3-15(4-6-16)28(32,33)34)42-27(44)41-19-10-14(2-7-18(19)29(35,36)37)12-38-25(46)21-8-9-39-48-21/h2,7-11,15-16,22H,3-6,12-13H2,1H3,(H,38,46)(H,40,45)(H,41,42)/t15-,16-. The first kappa shape index (κ1) is 34.4. The van der Waals surface area contributed by atoms with Crippen LogP contribution < -0.4 is 20.7 Å². The van der Waals surface area contributed by atoms with Crippen LogP contribution in [0.25, 0.3) is 11.2 Å². The molecule has 48 heavy (non-hydrogen) atoms. The number of hydrogen-bond donors (Lipinski definition) is 3. The van der Waals surface area contributed by atoms with Gasteiger partial charge >= 0.3 is 12.4 Å². The van der Waals surface area contributed by atoms with E-state index in [2.05, 4.69) is 31.1 Å². The van der Waals surface area contributed by atoms with Gasteiger partial charge in [0.15, 0.2) is 12.3 Å². The Bertz CT molecular complexity index is 1770. The van der Waals surface area contributed by atoms with E-state index >= 15 is 0 Å². The second kappa shape index (κ2) is 13.6. The van der Waals surface area contributed by atoms with Crippen LogP contribution in [-0.4, -0.2) is 56.8 Å². The smallest absolute Gasteiger partial charge is 0.418 e. The Hall–Kier alpha value is -4.97. The van der Waals surface area contributed by atoms with Gasteiger partial charge in [-0.2, -0.15) is 31.3 Å². The molecule has 1 aliphatic rings. The van der Waals surface area contributed by atoms with Gasteiger partial charge < -0.3 is 25.2 Å². The molecule has 0 bridgehead atoms. The maximum atomic E-state index is 14.0. The van der Waals surface area contributed by atoms with Crippen molar-refractivity contribution in [2.75, 3.05) is 11.9 Å². The molecular weight excluding hydrogens is 662 g/mol. The highest BCUT2D eigenvalue weighted by Gasteiger charge is 2.41. The highest BCUT2D eigenvalue weighted by molar-refractivity contribution is 5.99. The quantitative estimate of drug-likeness (QED) is 0.169. The SMILES string of the molecule is Cn1c(Nc2cc(CNC(=O)c3ccno3)ccc2C(F)(F)F)nc2cc(C(=O)N[C@H]3CC[C@H](C(F)(F)F)CC3)c(OCC(F)F)nc21. The summed E-state index contributed by atoms with van der Waals surface area (Å²) in [6, 6.07) is 4.92. The Kier molecular flexibility index (Phi) is 9.76. The molecule has 4 aromatic rings. The molecule has 0 spiro atoms. The minimum atomic E-state index is -4.81. The number of ether oxygens (including phenoxy) is 1. The summed E-state index contributed by atoms with van der Waals surface area (Å²) >= 11 is 0.